The predicted molar refractivity (Wildman–Crippen MR) is 99.6 cm³/mol. The standard InChI is InChI=1S/C20H24FN3O4/c1-13-9-14(3-4-17(13)24(27)28)18(25)23-8-7-22(12-15(23)11-21)19(26)16-10-20(16)5-2-6-20/h3-4,9,15-16H,2,5-8,10-12H2,1H3. The summed E-state index contributed by atoms with van der Waals surface area (Å²) in [6.45, 7) is 1.73. The molecule has 2 amide bonds. The minimum absolute atomic E-state index is 0.0524. The van der Waals surface area contributed by atoms with Gasteiger partial charge in [-0.15, -0.1) is 0 Å². The topological polar surface area (TPSA) is 83.8 Å². The van der Waals surface area contributed by atoms with Crippen LogP contribution in [0.3, 0.4) is 0 Å². The van der Waals surface area contributed by atoms with Crippen LogP contribution in [0.2, 0.25) is 0 Å². The molecule has 1 aromatic carbocycles. The van der Waals surface area contributed by atoms with Gasteiger partial charge in [0, 0.05) is 42.7 Å². The molecule has 28 heavy (non-hydrogen) atoms. The number of hydrogen-bond donors (Lipinski definition) is 0. The second kappa shape index (κ2) is 6.83. The summed E-state index contributed by atoms with van der Waals surface area (Å²) in [5, 5.41) is 11.0. The lowest BCUT2D eigenvalue weighted by Gasteiger charge is -2.41. The van der Waals surface area contributed by atoms with Crippen LogP contribution < -0.4 is 0 Å². The Labute approximate surface area is 162 Å². The lowest BCUT2D eigenvalue weighted by Crippen LogP contribution is -2.58. The van der Waals surface area contributed by atoms with Gasteiger partial charge in [-0.3, -0.25) is 19.7 Å². The molecule has 1 saturated heterocycles. The van der Waals surface area contributed by atoms with Gasteiger partial charge in [0.1, 0.15) is 6.67 Å². The smallest absolute Gasteiger partial charge is 0.272 e. The zero-order valence-electron chi connectivity index (χ0n) is 15.9. The molecule has 4 rings (SSSR count). The Morgan fingerprint density at radius 2 is 2.07 bits per heavy atom. The molecule has 3 aliphatic rings. The number of alkyl halides is 1. The Kier molecular flexibility index (Phi) is 4.59. The number of carbonyl (C=O) groups excluding carboxylic acids is 2. The summed E-state index contributed by atoms with van der Waals surface area (Å²) in [5.74, 6) is -0.160. The molecular weight excluding hydrogens is 365 g/mol. The molecule has 0 N–H and O–H groups in total. The van der Waals surface area contributed by atoms with Crippen molar-refractivity contribution in [1.29, 1.82) is 0 Å². The lowest BCUT2D eigenvalue weighted by atomic mass is 9.79. The van der Waals surface area contributed by atoms with Gasteiger partial charge in [0.05, 0.1) is 11.0 Å². The van der Waals surface area contributed by atoms with Gasteiger partial charge >= 0.3 is 0 Å². The maximum atomic E-state index is 13.7. The minimum atomic E-state index is -0.725. The molecule has 2 saturated carbocycles. The van der Waals surface area contributed by atoms with E-state index in [4.69, 9.17) is 0 Å². The highest BCUT2D eigenvalue weighted by Gasteiger charge is 2.61. The van der Waals surface area contributed by atoms with Crippen molar-refractivity contribution in [3.63, 3.8) is 0 Å². The van der Waals surface area contributed by atoms with E-state index in [9.17, 15) is 24.1 Å². The molecule has 2 unspecified atom stereocenters. The molecule has 1 aliphatic heterocycles. The van der Waals surface area contributed by atoms with E-state index in [1.807, 2.05) is 0 Å². The molecule has 0 bridgehead atoms. The number of amides is 2. The molecule has 2 aliphatic carbocycles. The summed E-state index contributed by atoms with van der Waals surface area (Å²) in [6.07, 6.45) is 4.38. The molecule has 3 fully saturated rings. The number of aryl methyl sites for hydroxylation is 1. The number of nitro benzene ring substituents is 1. The number of nitro groups is 1. The molecule has 2 atom stereocenters. The van der Waals surface area contributed by atoms with E-state index in [-0.39, 0.29) is 41.9 Å². The van der Waals surface area contributed by atoms with E-state index in [1.54, 1.807) is 11.8 Å². The van der Waals surface area contributed by atoms with Crippen molar-refractivity contribution in [3.05, 3.63) is 39.4 Å². The van der Waals surface area contributed by atoms with E-state index in [1.165, 1.54) is 29.5 Å². The van der Waals surface area contributed by atoms with Crippen LogP contribution in [-0.4, -0.2) is 58.9 Å². The van der Waals surface area contributed by atoms with Crippen molar-refractivity contribution >= 4 is 17.5 Å². The van der Waals surface area contributed by atoms with E-state index >= 15 is 0 Å². The monoisotopic (exact) mass is 389 g/mol. The Balaban J connectivity index is 1.44. The summed E-state index contributed by atoms with van der Waals surface area (Å²) >= 11 is 0. The largest absolute Gasteiger partial charge is 0.338 e. The predicted octanol–water partition coefficient (Wildman–Crippen LogP) is 2.72. The van der Waals surface area contributed by atoms with Crippen LogP contribution in [0.5, 0.6) is 0 Å². The SMILES string of the molecule is Cc1cc(C(=O)N2CCN(C(=O)C3CC34CCC4)CC2CF)ccc1[N+](=O)[O-]. The third-order valence-electron chi connectivity index (χ3n) is 6.71. The van der Waals surface area contributed by atoms with Gasteiger partial charge in [0.25, 0.3) is 11.6 Å². The summed E-state index contributed by atoms with van der Waals surface area (Å²) < 4.78 is 13.7. The molecule has 0 aromatic heterocycles. The van der Waals surface area contributed by atoms with E-state index in [2.05, 4.69) is 0 Å². The third-order valence-corrected chi connectivity index (χ3v) is 6.71. The number of rotatable bonds is 4. The Morgan fingerprint density at radius 1 is 1.32 bits per heavy atom. The Morgan fingerprint density at radius 3 is 2.61 bits per heavy atom. The first-order chi connectivity index (χ1) is 13.4. The molecule has 7 nitrogen and oxygen atoms in total. The Bertz CT molecular complexity index is 839. The van der Waals surface area contributed by atoms with Crippen molar-refractivity contribution in [3.8, 4) is 0 Å². The van der Waals surface area contributed by atoms with Crippen LogP contribution in [0.15, 0.2) is 18.2 Å². The average Bonchev–Trinajstić information content (AvgIpc) is 3.42. The van der Waals surface area contributed by atoms with Crippen LogP contribution in [-0.2, 0) is 4.79 Å². The fourth-order valence-corrected chi connectivity index (χ4v) is 4.71. The van der Waals surface area contributed by atoms with E-state index < -0.39 is 17.6 Å². The van der Waals surface area contributed by atoms with E-state index in [0.717, 1.165) is 19.3 Å². The van der Waals surface area contributed by atoms with Crippen molar-refractivity contribution in [2.45, 2.75) is 38.6 Å². The number of nitrogens with zero attached hydrogens (tertiary/aromatic N) is 3. The maximum Gasteiger partial charge on any atom is 0.272 e. The third kappa shape index (κ3) is 3.04. The van der Waals surface area contributed by atoms with Crippen molar-refractivity contribution in [2.24, 2.45) is 11.3 Å². The molecular formula is C20H24FN3O4. The summed E-state index contributed by atoms with van der Waals surface area (Å²) in [5.41, 5.74) is 0.868. The Hall–Kier alpha value is -2.51. The number of halogens is 1. The van der Waals surface area contributed by atoms with Gasteiger partial charge in [0.15, 0.2) is 0 Å². The van der Waals surface area contributed by atoms with Gasteiger partial charge in [0.2, 0.25) is 5.91 Å². The van der Waals surface area contributed by atoms with Gasteiger partial charge in [-0.1, -0.05) is 6.42 Å². The van der Waals surface area contributed by atoms with Crippen LogP contribution in [0.1, 0.15) is 41.6 Å². The average molecular weight is 389 g/mol. The lowest BCUT2D eigenvalue weighted by molar-refractivity contribution is -0.385. The summed E-state index contributed by atoms with van der Waals surface area (Å²) in [6, 6.07) is 3.50. The highest BCUT2D eigenvalue weighted by atomic mass is 19.1. The van der Waals surface area contributed by atoms with Gasteiger partial charge < -0.3 is 9.80 Å². The molecule has 1 heterocycles. The summed E-state index contributed by atoms with van der Waals surface area (Å²) in [7, 11) is 0. The quantitative estimate of drug-likeness (QED) is 0.585. The van der Waals surface area contributed by atoms with E-state index in [0.29, 0.717) is 17.7 Å². The first-order valence-electron chi connectivity index (χ1n) is 9.77. The first kappa shape index (κ1) is 18.8. The number of piperazine rings is 1. The zero-order valence-corrected chi connectivity index (χ0v) is 15.9. The maximum absolute atomic E-state index is 13.7. The highest BCUT2D eigenvalue weighted by molar-refractivity contribution is 5.95. The van der Waals surface area contributed by atoms with Crippen LogP contribution in [0.25, 0.3) is 0 Å². The van der Waals surface area contributed by atoms with Crippen molar-refractivity contribution in [1.82, 2.24) is 9.80 Å². The van der Waals surface area contributed by atoms with Crippen LogP contribution in [0, 0.1) is 28.4 Å². The number of hydrogen-bond acceptors (Lipinski definition) is 4. The van der Waals surface area contributed by atoms with Gasteiger partial charge in [-0.2, -0.15) is 0 Å². The van der Waals surface area contributed by atoms with Crippen LogP contribution >= 0.6 is 0 Å². The van der Waals surface area contributed by atoms with Crippen LogP contribution in [0.4, 0.5) is 10.1 Å². The first-order valence-corrected chi connectivity index (χ1v) is 9.77. The number of carbonyl (C=O) groups is 2. The van der Waals surface area contributed by atoms with Crippen molar-refractivity contribution in [2.75, 3.05) is 26.3 Å². The fraction of sp³-hybridized carbons (Fsp3) is 0.600. The molecule has 1 spiro atoms. The summed E-state index contributed by atoms with van der Waals surface area (Å²) in [4.78, 5) is 39.3. The zero-order chi connectivity index (χ0) is 20.1. The molecule has 150 valence electrons. The molecule has 8 heteroatoms. The molecule has 0 radical (unpaired) electrons. The highest BCUT2D eigenvalue weighted by Crippen LogP contribution is 2.65. The van der Waals surface area contributed by atoms with Gasteiger partial charge in [-0.25, -0.2) is 4.39 Å². The fourth-order valence-electron chi connectivity index (χ4n) is 4.71. The molecule has 1 aromatic rings. The second-order valence-corrected chi connectivity index (χ2v) is 8.32. The number of benzene rings is 1. The minimum Gasteiger partial charge on any atom is -0.338 e. The van der Waals surface area contributed by atoms with Gasteiger partial charge in [-0.05, 0) is 43.7 Å². The normalized spacial score (nSPS) is 25.4. The second-order valence-electron chi connectivity index (χ2n) is 8.32. The van der Waals surface area contributed by atoms with Crippen molar-refractivity contribution < 1.29 is 18.9 Å².